The summed E-state index contributed by atoms with van der Waals surface area (Å²) < 4.78 is 5.34. The van der Waals surface area contributed by atoms with E-state index >= 15 is 0 Å². The third-order valence-electron chi connectivity index (χ3n) is 3.15. The summed E-state index contributed by atoms with van der Waals surface area (Å²) in [5.74, 6) is 2.14. The quantitative estimate of drug-likeness (QED) is 0.848. The summed E-state index contributed by atoms with van der Waals surface area (Å²) in [6, 6.07) is 8.11. The number of rotatable bonds is 7. The van der Waals surface area contributed by atoms with Gasteiger partial charge < -0.3 is 10.3 Å². The van der Waals surface area contributed by atoms with Crippen LogP contribution in [0.5, 0.6) is 0 Å². The van der Waals surface area contributed by atoms with Gasteiger partial charge in [-0.2, -0.15) is 16.7 Å². The van der Waals surface area contributed by atoms with E-state index in [9.17, 15) is 0 Å². The number of nitrogens with two attached hydrogens (primary N) is 1. The molecular weight excluding hydrogens is 270 g/mol. The van der Waals surface area contributed by atoms with Crippen molar-refractivity contribution in [3.63, 3.8) is 0 Å². The van der Waals surface area contributed by atoms with Crippen molar-refractivity contribution in [1.29, 1.82) is 0 Å². The van der Waals surface area contributed by atoms with E-state index in [0.717, 1.165) is 30.0 Å². The van der Waals surface area contributed by atoms with E-state index in [1.165, 1.54) is 5.56 Å². The van der Waals surface area contributed by atoms with Gasteiger partial charge in [-0.25, -0.2) is 0 Å². The normalized spacial score (nSPS) is 12.6. The molecule has 0 fully saturated rings. The molecule has 0 spiro atoms. The van der Waals surface area contributed by atoms with Crippen molar-refractivity contribution in [2.45, 2.75) is 37.7 Å². The molecule has 5 heteroatoms. The molecule has 2 N–H and O–H groups in total. The molecule has 0 aliphatic rings. The van der Waals surface area contributed by atoms with Crippen molar-refractivity contribution < 1.29 is 4.52 Å². The third kappa shape index (κ3) is 4.08. The number of benzene rings is 1. The van der Waals surface area contributed by atoms with Crippen LogP contribution < -0.4 is 5.73 Å². The summed E-state index contributed by atoms with van der Waals surface area (Å²) in [5, 5.41) is 4.66. The van der Waals surface area contributed by atoms with E-state index in [0.29, 0.717) is 17.7 Å². The van der Waals surface area contributed by atoms with Crippen molar-refractivity contribution in [3.05, 3.63) is 35.7 Å². The molecule has 1 aromatic carbocycles. The summed E-state index contributed by atoms with van der Waals surface area (Å²) in [5.41, 5.74) is 7.73. The van der Waals surface area contributed by atoms with E-state index in [2.05, 4.69) is 36.1 Å². The van der Waals surface area contributed by atoms with Gasteiger partial charge in [-0.15, -0.1) is 0 Å². The van der Waals surface area contributed by atoms with Crippen molar-refractivity contribution in [2.24, 2.45) is 5.73 Å². The Bertz CT molecular complexity index is 541. The van der Waals surface area contributed by atoms with Gasteiger partial charge in [0.2, 0.25) is 0 Å². The first-order valence-corrected chi connectivity index (χ1v) is 8.01. The third-order valence-corrected chi connectivity index (χ3v) is 4.47. The van der Waals surface area contributed by atoms with Crippen molar-refractivity contribution >= 4 is 11.8 Å². The summed E-state index contributed by atoms with van der Waals surface area (Å²) in [4.78, 5) is 4.46. The molecule has 0 amide bonds. The van der Waals surface area contributed by atoms with E-state index in [1.54, 1.807) is 0 Å². The fourth-order valence-corrected chi connectivity index (χ4v) is 2.58. The van der Waals surface area contributed by atoms with Crippen LogP contribution in [0.15, 0.2) is 28.8 Å². The van der Waals surface area contributed by atoms with Crippen molar-refractivity contribution in [3.8, 4) is 11.5 Å². The summed E-state index contributed by atoms with van der Waals surface area (Å²) in [7, 11) is 0. The zero-order valence-corrected chi connectivity index (χ0v) is 12.8. The van der Waals surface area contributed by atoms with Gasteiger partial charge in [-0.3, -0.25) is 0 Å². The fraction of sp³-hybridized carbons (Fsp3) is 0.467. The number of hydrogen-bond donors (Lipinski definition) is 1. The van der Waals surface area contributed by atoms with Gasteiger partial charge in [-0.1, -0.05) is 31.1 Å². The second-order valence-corrected chi connectivity index (χ2v) is 6.21. The van der Waals surface area contributed by atoms with Gasteiger partial charge in [0.25, 0.3) is 5.89 Å². The Morgan fingerprint density at radius 1 is 1.40 bits per heavy atom. The smallest absolute Gasteiger partial charge is 0.257 e. The Labute approximate surface area is 124 Å². The molecule has 0 aliphatic carbocycles. The van der Waals surface area contributed by atoms with Crippen LogP contribution in [0.3, 0.4) is 0 Å². The largest absolute Gasteiger partial charge is 0.334 e. The van der Waals surface area contributed by atoms with E-state index < -0.39 is 0 Å². The lowest BCUT2D eigenvalue weighted by Crippen LogP contribution is -2.02. The fourth-order valence-electron chi connectivity index (χ4n) is 1.79. The second kappa shape index (κ2) is 7.45. The number of hydrogen-bond acceptors (Lipinski definition) is 5. The van der Waals surface area contributed by atoms with Crippen LogP contribution in [-0.2, 0) is 12.2 Å². The Hall–Kier alpha value is -1.33. The summed E-state index contributed by atoms with van der Waals surface area (Å²) in [6.07, 6.45) is 2.01. The van der Waals surface area contributed by atoms with Gasteiger partial charge in [0.1, 0.15) is 0 Å². The maximum atomic E-state index is 5.58. The highest BCUT2D eigenvalue weighted by Gasteiger charge is 2.10. The van der Waals surface area contributed by atoms with Gasteiger partial charge in [-0.05, 0) is 37.1 Å². The Balaban J connectivity index is 2.06. The van der Waals surface area contributed by atoms with E-state index in [4.69, 9.17) is 10.3 Å². The first-order valence-electron chi connectivity index (χ1n) is 6.96. The monoisotopic (exact) mass is 291 g/mol. The molecule has 1 atom stereocenters. The van der Waals surface area contributed by atoms with Crippen LogP contribution in [0.4, 0.5) is 0 Å². The minimum atomic E-state index is 0.587. The molecule has 4 nitrogen and oxygen atoms in total. The molecule has 0 bridgehead atoms. The second-order valence-electron chi connectivity index (χ2n) is 4.78. The zero-order chi connectivity index (χ0) is 14.4. The molecule has 1 heterocycles. The van der Waals surface area contributed by atoms with Crippen LogP contribution >= 0.6 is 11.8 Å². The molecule has 2 rings (SSSR count). The standard InChI is InChI=1S/C15H21N3OS/c1-3-11(2)20-10-14-17-15(19-18-14)13-6-4-5-12(9-13)7-8-16/h4-6,9,11H,3,7-8,10,16H2,1-2H3. The highest BCUT2D eigenvalue weighted by Crippen LogP contribution is 2.22. The van der Waals surface area contributed by atoms with E-state index in [-0.39, 0.29) is 0 Å². The highest BCUT2D eigenvalue weighted by molar-refractivity contribution is 7.99. The van der Waals surface area contributed by atoms with Crippen molar-refractivity contribution in [1.82, 2.24) is 10.1 Å². The molecular formula is C15H21N3OS. The molecule has 0 saturated carbocycles. The first-order chi connectivity index (χ1) is 9.72. The average Bonchev–Trinajstić information content (AvgIpc) is 2.94. The molecule has 2 aromatic rings. The predicted molar refractivity (Wildman–Crippen MR) is 83.5 cm³/mol. The topological polar surface area (TPSA) is 64.9 Å². The average molecular weight is 291 g/mol. The van der Waals surface area contributed by atoms with Crippen LogP contribution in [-0.4, -0.2) is 21.9 Å². The lowest BCUT2D eigenvalue weighted by molar-refractivity contribution is 0.425. The first kappa shape index (κ1) is 15.1. The van der Waals surface area contributed by atoms with Gasteiger partial charge >= 0.3 is 0 Å². The molecule has 0 aliphatic heterocycles. The van der Waals surface area contributed by atoms with Gasteiger partial charge in [0, 0.05) is 10.8 Å². The number of thioether (sulfide) groups is 1. The van der Waals surface area contributed by atoms with E-state index in [1.807, 2.05) is 23.9 Å². The highest BCUT2D eigenvalue weighted by atomic mass is 32.2. The molecule has 1 unspecified atom stereocenters. The maximum absolute atomic E-state index is 5.58. The molecule has 0 radical (unpaired) electrons. The van der Waals surface area contributed by atoms with Crippen LogP contribution in [0.25, 0.3) is 11.5 Å². The van der Waals surface area contributed by atoms with Gasteiger partial charge in [0.05, 0.1) is 5.75 Å². The Kier molecular flexibility index (Phi) is 5.61. The Morgan fingerprint density at radius 3 is 3.00 bits per heavy atom. The number of aromatic nitrogens is 2. The summed E-state index contributed by atoms with van der Waals surface area (Å²) >= 11 is 1.85. The molecule has 0 saturated heterocycles. The summed E-state index contributed by atoms with van der Waals surface area (Å²) in [6.45, 7) is 5.04. The lowest BCUT2D eigenvalue weighted by atomic mass is 10.1. The van der Waals surface area contributed by atoms with Crippen LogP contribution in [0.2, 0.25) is 0 Å². The van der Waals surface area contributed by atoms with Gasteiger partial charge in [0.15, 0.2) is 5.82 Å². The lowest BCUT2D eigenvalue weighted by Gasteiger charge is -2.04. The molecule has 108 valence electrons. The minimum absolute atomic E-state index is 0.587. The van der Waals surface area contributed by atoms with Crippen molar-refractivity contribution in [2.75, 3.05) is 6.54 Å². The zero-order valence-electron chi connectivity index (χ0n) is 12.0. The van der Waals surface area contributed by atoms with Crippen LogP contribution in [0.1, 0.15) is 31.7 Å². The number of nitrogens with zero attached hydrogens (tertiary/aromatic N) is 2. The predicted octanol–water partition coefficient (Wildman–Crippen LogP) is 3.27. The minimum Gasteiger partial charge on any atom is -0.334 e. The maximum Gasteiger partial charge on any atom is 0.257 e. The molecule has 1 aromatic heterocycles. The van der Waals surface area contributed by atoms with Crippen LogP contribution in [0, 0.1) is 0 Å². The molecule has 20 heavy (non-hydrogen) atoms. The Morgan fingerprint density at radius 2 is 2.25 bits per heavy atom. The SMILES string of the molecule is CCC(C)SCc1noc(-c2cccc(CCN)c2)n1.